The van der Waals surface area contributed by atoms with Crippen molar-refractivity contribution in [3.8, 4) is 0 Å². The van der Waals surface area contributed by atoms with Crippen LogP contribution in [-0.2, 0) is 14.3 Å². The van der Waals surface area contributed by atoms with E-state index in [1.54, 1.807) is 0 Å². The summed E-state index contributed by atoms with van der Waals surface area (Å²) in [4.78, 5) is 13.2. The molecule has 1 heterocycles. The van der Waals surface area contributed by atoms with Gasteiger partial charge in [-0.2, -0.15) is 0 Å². The zero-order valence-electron chi connectivity index (χ0n) is 46.4. The van der Waals surface area contributed by atoms with Crippen molar-refractivity contribution in [2.75, 3.05) is 13.2 Å². The van der Waals surface area contributed by atoms with Crippen LogP contribution >= 0.6 is 0 Å². The molecule has 0 spiro atoms. The van der Waals surface area contributed by atoms with Gasteiger partial charge in [0.15, 0.2) is 6.29 Å². The molecule has 0 bridgehead atoms. The van der Waals surface area contributed by atoms with E-state index in [2.05, 4.69) is 55.6 Å². The van der Waals surface area contributed by atoms with Gasteiger partial charge in [-0.15, -0.1) is 0 Å². The second kappa shape index (κ2) is 50.2. The summed E-state index contributed by atoms with van der Waals surface area (Å²) in [5.41, 5.74) is 0. The maximum Gasteiger partial charge on any atom is 0.249 e. The number of allylic oxidation sites excluding steroid dienone is 6. The van der Waals surface area contributed by atoms with Gasteiger partial charge in [-0.1, -0.05) is 237 Å². The summed E-state index contributed by atoms with van der Waals surface area (Å²) in [5, 5.41) is 76.1. The van der Waals surface area contributed by atoms with Crippen molar-refractivity contribution in [3.63, 3.8) is 0 Å². The number of hydrogen-bond donors (Lipinski definition) is 8. The highest BCUT2D eigenvalue weighted by Crippen LogP contribution is 2.23. The second-order valence-electron chi connectivity index (χ2n) is 21.4. The van der Waals surface area contributed by atoms with Crippen LogP contribution in [0.5, 0.6) is 0 Å². The molecular formula is C61H115NO10. The lowest BCUT2D eigenvalue weighted by Crippen LogP contribution is -2.60. The zero-order chi connectivity index (χ0) is 52.5. The van der Waals surface area contributed by atoms with Gasteiger partial charge in [0.25, 0.3) is 0 Å². The molecule has 8 N–H and O–H groups in total. The van der Waals surface area contributed by atoms with Crippen molar-refractivity contribution in [2.45, 2.75) is 332 Å². The molecule has 9 unspecified atom stereocenters. The standard InChI is InChI=1S/C61H115NO10/c1-3-5-7-9-11-13-15-17-19-21-23-24-25-26-27-28-29-30-31-33-34-36-38-40-42-44-46-48-53(64)56(66)52(51-71-61-59(69)58(68)57(67)55(50-63)72-61)62-60(70)54(65)49-47-45-43-41-39-37-35-32-22-20-18-16-14-12-10-8-6-4-2/h22,32-34,40,42,52-59,61,63-69H,3-21,23-31,35-39,41,43-51H2,1-2H3,(H,62,70)/b32-22-,34-33+,42-40+. The number of hydrogen-bond acceptors (Lipinski definition) is 10. The van der Waals surface area contributed by atoms with E-state index in [4.69, 9.17) is 9.47 Å². The molecule has 1 fully saturated rings. The molecule has 0 aromatic rings. The Hall–Kier alpha value is -1.67. The first-order chi connectivity index (χ1) is 35.2. The summed E-state index contributed by atoms with van der Waals surface area (Å²) >= 11 is 0. The first-order valence-corrected chi connectivity index (χ1v) is 30.4. The van der Waals surface area contributed by atoms with E-state index in [1.165, 1.54) is 173 Å². The minimum absolute atomic E-state index is 0.244. The Kier molecular flexibility index (Phi) is 47.6. The van der Waals surface area contributed by atoms with Crippen LogP contribution in [0.2, 0.25) is 0 Å². The molecule has 424 valence electrons. The van der Waals surface area contributed by atoms with Crippen molar-refractivity contribution in [1.82, 2.24) is 5.32 Å². The third-order valence-electron chi connectivity index (χ3n) is 14.6. The number of ether oxygens (including phenoxy) is 2. The van der Waals surface area contributed by atoms with Gasteiger partial charge in [0, 0.05) is 0 Å². The highest BCUT2D eigenvalue weighted by molar-refractivity contribution is 5.80. The quantitative estimate of drug-likeness (QED) is 0.0215. The van der Waals surface area contributed by atoms with Crippen molar-refractivity contribution in [1.29, 1.82) is 0 Å². The van der Waals surface area contributed by atoms with Crippen LogP contribution in [0.25, 0.3) is 0 Å². The number of carbonyl (C=O) groups excluding carboxylic acids is 1. The summed E-state index contributed by atoms with van der Waals surface area (Å²) in [6.45, 7) is 3.46. The summed E-state index contributed by atoms with van der Waals surface area (Å²) in [6.07, 6.45) is 50.7. The van der Waals surface area contributed by atoms with E-state index in [9.17, 15) is 40.5 Å². The molecular weight excluding hydrogens is 907 g/mol. The van der Waals surface area contributed by atoms with Crippen molar-refractivity contribution < 1.29 is 50.0 Å². The fourth-order valence-electron chi connectivity index (χ4n) is 9.69. The predicted octanol–water partition coefficient (Wildman–Crippen LogP) is 13.1. The molecule has 11 heteroatoms. The summed E-state index contributed by atoms with van der Waals surface area (Å²) in [6, 6.07) is -1.19. The highest BCUT2D eigenvalue weighted by atomic mass is 16.7. The summed E-state index contributed by atoms with van der Waals surface area (Å²) in [7, 11) is 0. The van der Waals surface area contributed by atoms with Crippen LogP contribution in [0.4, 0.5) is 0 Å². The molecule has 72 heavy (non-hydrogen) atoms. The van der Waals surface area contributed by atoms with Gasteiger partial charge in [0.1, 0.15) is 36.6 Å². The van der Waals surface area contributed by atoms with Gasteiger partial charge in [-0.05, 0) is 77.0 Å². The number of aliphatic hydroxyl groups excluding tert-OH is 7. The van der Waals surface area contributed by atoms with Crippen LogP contribution in [-0.4, -0.2) is 110 Å². The first kappa shape index (κ1) is 68.3. The Labute approximate surface area is 441 Å². The van der Waals surface area contributed by atoms with Crippen LogP contribution in [0.15, 0.2) is 36.5 Å². The van der Waals surface area contributed by atoms with E-state index in [1.807, 2.05) is 0 Å². The minimum Gasteiger partial charge on any atom is -0.394 e. The number of amides is 1. The predicted molar refractivity (Wildman–Crippen MR) is 298 cm³/mol. The number of aliphatic hydroxyl groups is 7. The van der Waals surface area contributed by atoms with Gasteiger partial charge in [-0.3, -0.25) is 4.79 Å². The van der Waals surface area contributed by atoms with Crippen molar-refractivity contribution >= 4 is 5.91 Å². The smallest absolute Gasteiger partial charge is 0.249 e. The van der Waals surface area contributed by atoms with Crippen molar-refractivity contribution in [3.05, 3.63) is 36.5 Å². The lowest BCUT2D eigenvalue weighted by molar-refractivity contribution is -0.303. The molecule has 0 saturated carbocycles. The molecule has 1 rings (SSSR count). The topological polar surface area (TPSA) is 189 Å². The Morgan fingerprint density at radius 3 is 1.24 bits per heavy atom. The van der Waals surface area contributed by atoms with Gasteiger partial charge in [0.2, 0.25) is 5.91 Å². The molecule has 1 aliphatic rings. The number of unbranched alkanes of at least 4 members (excludes halogenated alkanes) is 34. The average molecular weight is 1020 g/mol. The van der Waals surface area contributed by atoms with E-state index >= 15 is 0 Å². The Bertz CT molecular complexity index is 1260. The van der Waals surface area contributed by atoms with Crippen molar-refractivity contribution in [2.24, 2.45) is 0 Å². The lowest BCUT2D eigenvalue weighted by atomic mass is 9.98. The fourth-order valence-corrected chi connectivity index (χ4v) is 9.69. The van der Waals surface area contributed by atoms with E-state index in [0.29, 0.717) is 19.3 Å². The monoisotopic (exact) mass is 1020 g/mol. The Morgan fingerprint density at radius 2 is 0.833 bits per heavy atom. The normalized spacial score (nSPS) is 20.3. The molecule has 11 nitrogen and oxygen atoms in total. The molecule has 1 saturated heterocycles. The molecule has 1 aliphatic heterocycles. The third-order valence-corrected chi connectivity index (χ3v) is 14.6. The van der Waals surface area contributed by atoms with Gasteiger partial charge < -0.3 is 50.5 Å². The fraction of sp³-hybridized carbons (Fsp3) is 0.885. The largest absolute Gasteiger partial charge is 0.394 e. The van der Waals surface area contributed by atoms with Crippen LogP contribution in [0.1, 0.15) is 277 Å². The lowest BCUT2D eigenvalue weighted by Gasteiger charge is -2.40. The van der Waals surface area contributed by atoms with Crippen LogP contribution in [0.3, 0.4) is 0 Å². The molecule has 9 atom stereocenters. The van der Waals surface area contributed by atoms with Gasteiger partial charge in [0.05, 0.1) is 25.4 Å². The van der Waals surface area contributed by atoms with Gasteiger partial charge in [-0.25, -0.2) is 0 Å². The molecule has 0 aromatic heterocycles. The number of nitrogens with one attached hydrogen (secondary N) is 1. The molecule has 1 amide bonds. The van der Waals surface area contributed by atoms with E-state index < -0.39 is 74.2 Å². The average Bonchev–Trinajstić information content (AvgIpc) is 3.38. The minimum atomic E-state index is -1.67. The summed E-state index contributed by atoms with van der Waals surface area (Å²) < 4.78 is 11.1. The SMILES string of the molecule is CCCCCCCCCC/C=C\CCCCCCCCC(O)C(=O)NC(COC1OC(CO)C(O)C(O)C1O)C(O)C(O)CCC/C=C/CC/C=C/CCCCCCCCCCCCCCCCCCCC. The molecule has 0 aliphatic carbocycles. The van der Waals surface area contributed by atoms with Gasteiger partial charge >= 0.3 is 0 Å². The van der Waals surface area contributed by atoms with Crippen LogP contribution in [0, 0.1) is 0 Å². The molecule has 0 aromatic carbocycles. The third kappa shape index (κ3) is 38.0. The Morgan fingerprint density at radius 1 is 0.472 bits per heavy atom. The Balaban J connectivity index is 2.31. The molecule has 0 radical (unpaired) electrons. The van der Waals surface area contributed by atoms with Crippen LogP contribution < -0.4 is 5.32 Å². The van der Waals surface area contributed by atoms with E-state index in [-0.39, 0.29) is 12.8 Å². The maximum absolute atomic E-state index is 13.2. The van der Waals surface area contributed by atoms with E-state index in [0.717, 1.165) is 57.8 Å². The first-order valence-electron chi connectivity index (χ1n) is 30.4. The second-order valence-corrected chi connectivity index (χ2v) is 21.4. The number of carbonyl (C=O) groups is 1. The summed E-state index contributed by atoms with van der Waals surface area (Å²) in [5.74, 6) is -0.713. The number of rotatable bonds is 52. The highest BCUT2D eigenvalue weighted by Gasteiger charge is 2.44. The zero-order valence-corrected chi connectivity index (χ0v) is 46.4. The maximum atomic E-state index is 13.2.